The van der Waals surface area contributed by atoms with Gasteiger partial charge in [-0.3, -0.25) is 9.69 Å². The van der Waals surface area contributed by atoms with Gasteiger partial charge in [-0.25, -0.2) is 14.0 Å². The fourth-order valence-electron chi connectivity index (χ4n) is 4.16. The van der Waals surface area contributed by atoms with Crippen LogP contribution in [0, 0.1) is 11.7 Å². The predicted octanol–water partition coefficient (Wildman–Crippen LogP) is 3.28. The first-order valence-corrected chi connectivity index (χ1v) is 11.4. The van der Waals surface area contributed by atoms with Gasteiger partial charge in [0, 0.05) is 43.4 Å². The minimum absolute atomic E-state index is 0.177. The summed E-state index contributed by atoms with van der Waals surface area (Å²) in [5.41, 5.74) is 2.01. The molecular formula is C26H29FN2O6. The Morgan fingerprint density at radius 1 is 1.03 bits per heavy atom. The molecule has 1 fully saturated rings. The van der Waals surface area contributed by atoms with Crippen LogP contribution in [0.25, 0.3) is 0 Å². The number of hydrogen-bond acceptors (Lipinski definition) is 5. The van der Waals surface area contributed by atoms with Gasteiger partial charge in [0.15, 0.2) is 0 Å². The molecule has 0 saturated carbocycles. The summed E-state index contributed by atoms with van der Waals surface area (Å²) in [5, 5.41) is 15.6. The van der Waals surface area contributed by atoms with E-state index < -0.39 is 11.9 Å². The van der Waals surface area contributed by atoms with E-state index in [1.807, 2.05) is 23.1 Å². The standard InChI is InChI=1S/C22H25FN2O2.C4H4O4/c23-19-5-3-6-20(14-19)27-13-12-24-10-8-17(9-11-24)15-25-16-18-4-1-2-7-21(18)22(25)26;5-3(6)1-2-4(7)8/h1-7,14,17H,8-13,15-16H2;1-2H,(H,5,6)(H,7,8)/b;2-1+. The second-order valence-corrected chi connectivity index (χ2v) is 8.44. The quantitative estimate of drug-likeness (QED) is 0.554. The van der Waals surface area contributed by atoms with Crippen LogP contribution in [0.15, 0.2) is 60.7 Å². The van der Waals surface area contributed by atoms with Crippen molar-refractivity contribution in [2.45, 2.75) is 19.4 Å². The lowest BCUT2D eigenvalue weighted by Crippen LogP contribution is -2.40. The molecule has 8 nitrogen and oxygen atoms in total. The fraction of sp³-hybridized carbons (Fsp3) is 0.346. The average molecular weight is 485 g/mol. The number of benzene rings is 2. The van der Waals surface area contributed by atoms with Crippen LogP contribution in [0.4, 0.5) is 4.39 Å². The topological polar surface area (TPSA) is 107 Å². The minimum Gasteiger partial charge on any atom is -0.492 e. The summed E-state index contributed by atoms with van der Waals surface area (Å²) >= 11 is 0. The van der Waals surface area contributed by atoms with Gasteiger partial charge in [0.25, 0.3) is 5.91 Å². The number of likely N-dealkylation sites (tertiary alicyclic amines) is 1. The first kappa shape index (κ1) is 25.9. The zero-order valence-corrected chi connectivity index (χ0v) is 19.3. The van der Waals surface area contributed by atoms with E-state index in [9.17, 15) is 18.8 Å². The number of hydrogen-bond donors (Lipinski definition) is 2. The third-order valence-corrected chi connectivity index (χ3v) is 5.92. The number of nitrogens with zero attached hydrogens (tertiary/aromatic N) is 2. The number of carbonyl (C=O) groups excluding carboxylic acids is 1. The van der Waals surface area contributed by atoms with Crippen molar-refractivity contribution in [1.29, 1.82) is 0 Å². The van der Waals surface area contributed by atoms with Gasteiger partial charge >= 0.3 is 11.9 Å². The van der Waals surface area contributed by atoms with E-state index in [1.54, 1.807) is 12.1 Å². The summed E-state index contributed by atoms with van der Waals surface area (Å²) in [4.78, 5) is 36.0. The highest BCUT2D eigenvalue weighted by molar-refractivity contribution is 5.98. The zero-order chi connectivity index (χ0) is 25.2. The normalized spacial score (nSPS) is 16.0. The number of amides is 1. The summed E-state index contributed by atoms with van der Waals surface area (Å²) in [5.74, 6) is -1.47. The molecular weight excluding hydrogens is 455 g/mol. The van der Waals surface area contributed by atoms with Gasteiger partial charge in [-0.15, -0.1) is 0 Å². The number of carbonyl (C=O) groups is 3. The molecule has 1 saturated heterocycles. The van der Waals surface area contributed by atoms with Crippen molar-refractivity contribution >= 4 is 17.8 Å². The maximum Gasteiger partial charge on any atom is 0.328 e. The highest BCUT2D eigenvalue weighted by atomic mass is 19.1. The van der Waals surface area contributed by atoms with Crippen LogP contribution in [0.2, 0.25) is 0 Å². The molecule has 4 rings (SSSR count). The Labute approximate surface area is 203 Å². The van der Waals surface area contributed by atoms with Gasteiger partial charge in [0.2, 0.25) is 0 Å². The molecule has 0 atom stereocenters. The molecule has 2 aliphatic heterocycles. The van der Waals surface area contributed by atoms with E-state index in [1.165, 1.54) is 12.1 Å². The van der Waals surface area contributed by atoms with Crippen molar-refractivity contribution in [3.05, 3.63) is 77.6 Å². The van der Waals surface area contributed by atoms with Crippen LogP contribution < -0.4 is 4.74 Å². The summed E-state index contributed by atoms with van der Waals surface area (Å²) < 4.78 is 18.8. The number of aliphatic carboxylic acids is 2. The molecule has 0 bridgehead atoms. The van der Waals surface area contributed by atoms with Crippen LogP contribution in [-0.2, 0) is 16.1 Å². The smallest absolute Gasteiger partial charge is 0.328 e. The Hall–Kier alpha value is -3.72. The molecule has 0 radical (unpaired) electrons. The number of halogens is 1. The predicted molar refractivity (Wildman–Crippen MR) is 127 cm³/mol. The highest BCUT2D eigenvalue weighted by Gasteiger charge is 2.30. The molecule has 9 heteroatoms. The van der Waals surface area contributed by atoms with Gasteiger partial charge in [0.1, 0.15) is 18.2 Å². The molecule has 2 aromatic rings. The Morgan fingerprint density at radius 3 is 2.34 bits per heavy atom. The second kappa shape index (κ2) is 12.7. The van der Waals surface area contributed by atoms with Crippen LogP contribution in [-0.4, -0.2) is 70.6 Å². The van der Waals surface area contributed by atoms with Gasteiger partial charge in [-0.2, -0.15) is 0 Å². The van der Waals surface area contributed by atoms with Crippen molar-refractivity contribution in [3.8, 4) is 5.75 Å². The maximum absolute atomic E-state index is 13.2. The van der Waals surface area contributed by atoms with Gasteiger partial charge in [-0.05, 0) is 55.6 Å². The Balaban J connectivity index is 0.000000371. The van der Waals surface area contributed by atoms with Gasteiger partial charge in [-0.1, -0.05) is 24.3 Å². The Bertz CT molecular complexity index is 1050. The molecule has 0 unspecified atom stereocenters. The molecule has 2 aromatic carbocycles. The average Bonchev–Trinajstić information content (AvgIpc) is 3.15. The second-order valence-electron chi connectivity index (χ2n) is 8.44. The molecule has 35 heavy (non-hydrogen) atoms. The third kappa shape index (κ3) is 8.22. The fourth-order valence-corrected chi connectivity index (χ4v) is 4.16. The van der Waals surface area contributed by atoms with E-state index in [4.69, 9.17) is 14.9 Å². The number of carboxylic acid groups (broad SMARTS) is 2. The maximum atomic E-state index is 13.2. The lowest BCUT2D eigenvalue weighted by Gasteiger charge is -2.33. The highest BCUT2D eigenvalue weighted by Crippen LogP contribution is 2.26. The Morgan fingerprint density at radius 2 is 1.71 bits per heavy atom. The first-order valence-electron chi connectivity index (χ1n) is 11.4. The summed E-state index contributed by atoms with van der Waals surface area (Å²) in [6.45, 7) is 5.04. The van der Waals surface area contributed by atoms with E-state index in [0.717, 1.165) is 56.7 Å². The van der Waals surface area contributed by atoms with Crippen molar-refractivity contribution in [2.75, 3.05) is 32.8 Å². The number of piperidine rings is 1. The number of rotatable bonds is 8. The van der Waals surface area contributed by atoms with E-state index in [-0.39, 0.29) is 11.7 Å². The molecule has 1 amide bonds. The molecule has 2 heterocycles. The van der Waals surface area contributed by atoms with Crippen molar-refractivity contribution in [1.82, 2.24) is 9.80 Å². The third-order valence-electron chi connectivity index (χ3n) is 5.92. The van der Waals surface area contributed by atoms with Gasteiger partial charge in [0.05, 0.1) is 0 Å². The monoisotopic (exact) mass is 484 g/mol. The largest absolute Gasteiger partial charge is 0.492 e. The van der Waals surface area contributed by atoms with Crippen molar-refractivity contribution in [2.24, 2.45) is 5.92 Å². The summed E-state index contributed by atoms with van der Waals surface area (Å²) in [6, 6.07) is 14.2. The molecule has 186 valence electrons. The van der Waals surface area contributed by atoms with Gasteiger partial charge < -0.3 is 19.8 Å². The number of fused-ring (bicyclic) bond motifs is 1. The van der Waals surface area contributed by atoms with Crippen molar-refractivity contribution < 1.29 is 33.7 Å². The lowest BCUT2D eigenvalue weighted by atomic mass is 9.96. The molecule has 0 aromatic heterocycles. The molecule has 0 aliphatic carbocycles. The van der Waals surface area contributed by atoms with Crippen LogP contribution >= 0.6 is 0 Å². The molecule has 2 N–H and O–H groups in total. The SMILES string of the molecule is O=C(O)/C=C/C(=O)O.O=C1c2ccccc2CN1CC1CCN(CCOc2cccc(F)c2)CC1. The Kier molecular flexibility index (Phi) is 9.37. The minimum atomic E-state index is -1.26. The number of ether oxygens (including phenoxy) is 1. The van der Waals surface area contributed by atoms with E-state index in [2.05, 4.69) is 11.0 Å². The summed E-state index contributed by atoms with van der Waals surface area (Å²) in [7, 11) is 0. The zero-order valence-electron chi connectivity index (χ0n) is 19.3. The lowest BCUT2D eigenvalue weighted by molar-refractivity contribution is -0.134. The van der Waals surface area contributed by atoms with Crippen LogP contribution in [0.5, 0.6) is 5.75 Å². The number of carboxylic acids is 2. The van der Waals surface area contributed by atoms with Crippen molar-refractivity contribution in [3.63, 3.8) is 0 Å². The van der Waals surface area contributed by atoms with Crippen LogP contribution in [0.3, 0.4) is 0 Å². The first-order chi connectivity index (χ1) is 16.8. The molecule has 0 spiro atoms. The van der Waals surface area contributed by atoms with E-state index in [0.29, 0.717) is 30.4 Å². The van der Waals surface area contributed by atoms with E-state index >= 15 is 0 Å². The summed E-state index contributed by atoms with van der Waals surface area (Å²) in [6.07, 6.45) is 3.31. The van der Waals surface area contributed by atoms with Crippen LogP contribution in [0.1, 0.15) is 28.8 Å². The molecule has 2 aliphatic rings.